The maximum Gasteiger partial charge on any atom is 0.411 e. The van der Waals surface area contributed by atoms with Crippen molar-refractivity contribution in [3.63, 3.8) is 0 Å². The molecule has 1 fully saturated rings. The molecule has 0 radical (unpaired) electrons. The molecule has 1 heterocycles. The molecular weight excluding hydrogens is 310 g/mol. The number of carbonyl (C=O) groups is 1. The van der Waals surface area contributed by atoms with Crippen LogP contribution >= 0.6 is 0 Å². The molecule has 1 aliphatic rings. The van der Waals surface area contributed by atoms with E-state index in [9.17, 15) is 4.79 Å². The van der Waals surface area contributed by atoms with Gasteiger partial charge in [0.25, 0.3) is 0 Å². The Morgan fingerprint density at radius 3 is 2.36 bits per heavy atom. The van der Waals surface area contributed by atoms with Crippen LogP contribution in [0.3, 0.4) is 0 Å². The number of likely N-dealkylation sites (tertiary alicyclic amines) is 1. The zero-order valence-electron chi connectivity index (χ0n) is 17.4. The lowest BCUT2D eigenvalue weighted by Crippen LogP contribution is -2.49. The summed E-state index contributed by atoms with van der Waals surface area (Å²) in [6, 6.07) is 0.458. The first-order valence-corrected chi connectivity index (χ1v) is 10.5. The largest absolute Gasteiger partial charge is 0.444 e. The van der Waals surface area contributed by atoms with E-state index in [0.717, 1.165) is 19.3 Å². The van der Waals surface area contributed by atoms with E-state index in [1.54, 1.807) is 0 Å². The van der Waals surface area contributed by atoms with E-state index < -0.39 is 5.60 Å². The van der Waals surface area contributed by atoms with E-state index in [4.69, 9.17) is 4.74 Å². The van der Waals surface area contributed by atoms with Gasteiger partial charge in [0.05, 0.1) is 6.04 Å². The molecule has 25 heavy (non-hydrogen) atoms. The van der Waals surface area contributed by atoms with Gasteiger partial charge >= 0.3 is 6.09 Å². The van der Waals surface area contributed by atoms with Crippen LogP contribution in [0.5, 0.6) is 0 Å². The molecule has 3 heteroatoms. The highest BCUT2D eigenvalue weighted by Gasteiger charge is 2.33. The van der Waals surface area contributed by atoms with Gasteiger partial charge in [0.15, 0.2) is 0 Å². The average molecular weight is 352 g/mol. The Labute approximate surface area is 156 Å². The molecule has 2 atom stereocenters. The number of nitrogens with zero attached hydrogens (tertiary/aromatic N) is 1. The first-order valence-electron chi connectivity index (χ1n) is 10.5. The summed E-state index contributed by atoms with van der Waals surface area (Å²) in [6.07, 6.45) is 18.2. The number of allylic oxidation sites excluding steroid dienone is 1. The minimum atomic E-state index is -0.430. The third-order valence-corrected chi connectivity index (χ3v) is 4.89. The molecule has 3 nitrogen and oxygen atoms in total. The Bertz CT molecular complexity index is 397. The molecule has 0 aliphatic carbocycles. The van der Waals surface area contributed by atoms with E-state index in [1.165, 1.54) is 51.4 Å². The summed E-state index contributed by atoms with van der Waals surface area (Å²) in [6.45, 7) is 10.2. The maximum absolute atomic E-state index is 12.6. The molecule has 1 amide bonds. The Morgan fingerprint density at radius 2 is 1.72 bits per heavy atom. The van der Waals surface area contributed by atoms with Crippen LogP contribution in [0.25, 0.3) is 0 Å². The monoisotopic (exact) mass is 351 g/mol. The average Bonchev–Trinajstić information content (AvgIpc) is 2.51. The van der Waals surface area contributed by atoms with Gasteiger partial charge in [-0.1, -0.05) is 57.6 Å². The second-order valence-corrected chi connectivity index (χ2v) is 8.57. The normalized spacial score (nSPS) is 21.7. The van der Waals surface area contributed by atoms with Crippen molar-refractivity contribution in [3.05, 3.63) is 12.2 Å². The fourth-order valence-electron chi connectivity index (χ4n) is 3.52. The number of rotatable bonds is 9. The highest BCUT2D eigenvalue weighted by atomic mass is 16.6. The molecule has 1 aliphatic heterocycles. The summed E-state index contributed by atoms with van der Waals surface area (Å²) >= 11 is 0. The van der Waals surface area contributed by atoms with E-state index in [1.807, 2.05) is 25.7 Å². The zero-order valence-corrected chi connectivity index (χ0v) is 17.4. The van der Waals surface area contributed by atoms with Crippen molar-refractivity contribution < 1.29 is 9.53 Å². The number of amides is 1. The molecule has 0 aromatic carbocycles. The third kappa shape index (κ3) is 9.32. The molecule has 0 saturated carbocycles. The van der Waals surface area contributed by atoms with Gasteiger partial charge in [-0.2, -0.15) is 0 Å². The third-order valence-electron chi connectivity index (χ3n) is 4.89. The molecule has 0 spiro atoms. The van der Waals surface area contributed by atoms with Gasteiger partial charge in [0.2, 0.25) is 0 Å². The second-order valence-electron chi connectivity index (χ2n) is 8.57. The van der Waals surface area contributed by atoms with Crippen molar-refractivity contribution in [1.29, 1.82) is 0 Å². The molecule has 0 aromatic rings. The van der Waals surface area contributed by atoms with Gasteiger partial charge in [-0.3, -0.25) is 4.90 Å². The topological polar surface area (TPSA) is 29.5 Å². The van der Waals surface area contributed by atoms with Crippen LogP contribution in [0.4, 0.5) is 4.79 Å². The molecule has 0 N–H and O–H groups in total. The fraction of sp³-hybridized carbons (Fsp3) is 0.864. The fourth-order valence-corrected chi connectivity index (χ4v) is 3.52. The summed E-state index contributed by atoms with van der Waals surface area (Å²) in [5, 5.41) is 0. The Morgan fingerprint density at radius 1 is 1.08 bits per heavy atom. The molecule has 0 unspecified atom stereocenters. The number of unbranched alkanes of at least 4 members (excludes halogenated alkanes) is 7. The van der Waals surface area contributed by atoms with E-state index in [-0.39, 0.29) is 18.2 Å². The predicted molar refractivity (Wildman–Crippen MR) is 107 cm³/mol. The van der Waals surface area contributed by atoms with E-state index in [0.29, 0.717) is 0 Å². The van der Waals surface area contributed by atoms with Crippen LogP contribution in [0, 0.1) is 0 Å². The number of hydrogen-bond donors (Lipinski definition) is 0. The van der Waals surface area contributed by atoms with Crippen molar-refractivity contribution in [2.75, 3.05) is 0 Å². The lowest BCUT2D eigenvalue weighted by Gasteiger charge is -2.40. The van der Waals surface area contributed by atoms with Crippen LogP contribution in [-0.2, 0) is 4.74 Å². The van der Waals surface area contributed by atoms with E-state index >= 15 is 0 Å². The number of carbonyl (C=O) groups excluding carboxylic acids is 1. The lowest BCUT2D eigenvalue weighted by atomic mass is 9.96. The predicted octanol–water partition coefficient (Wildman–Crippen LogP) is 6.86. The molecule has 0 bridgehead atoms. The van der Waals surface area contributed by atoms with Gasteiger partial charge in [-0.15, -0.1) is 0 Å². The standard InChI is InChI=1S/C22H41NO2/c1-6-7-8-9-10-11-12-13-14-17-20-18-15-16-19(2)23(20)21(24)25-22(3,4)5/h14,17,19-20H,6-13,15-16,18H2,1-5H3/b17-14+/t19-,20-/m1/s1. The van der Waals surface area contributed by atoms with Gasteiger partial charge in [-0.05, 0) is 59.8 Å². The van der Waals surface area contributed by atoms with Crippen LogP contribution < -0.4 is 0 Å². The number of ether oxygens (including phenoxy) is 1. The second kappa shape index (κ2) is 11.6. The van der Waals surface area contributed by atoms with Crippen molar-refractivity contribution in [2.45, 2.75) is 123 Å². The van der Waals surface area contributed by atoms with Gasteiger partial charge < -0.3 is 4.74 Å². The van der Waals surface area contributed by atoms with E-state index in [2.05, 4.69) is 26.0 Å². The quantitative estimate of drug-likeness (QED) is 0.335. The van der Waals surface area contributed by atoms with Crippen LogP contribution in [0.1, 0.15) is 105 Å². The Hall–Kier alpha value is -0.990. The summed E-state index contributed by atoms with van der Waals surface area (Å²) < 4.78 is 5.62. The smallest absolute Gasteiger partial charge is 0.411 e. The van der Waals surface area contributed by atoms with Crippen LogP contribution in [0.15, 0.2) is 12.2 Å². The van der Waals surface area contributed by atoms with Crippen molar-refractivity contribution >= 4 is 6.09 Å². The highest BCUT2D eigenvalue weighted by molar-refractivity contribution is 5.69. The van der Waals surface area contributed by atoms with Crippen molar-refractivity contribution in [2.24, 2.45) is 0 Å². The number of piperidine rings is 1. The Balaban J connectivity index is 2.38. The highest BCUT2D eigenvalue weighted by Crippen LogP contribution is 2.26. The molecule has 0 aromatic heterocycles. The molecule has 1 saturated heterocycles. The minimum absolute atomic E-state index is 0.162. The Kier molecular flexibility index (Phi) is 10.2. The van der Waals surface area contributed by atoms with Gasteiger partial charge in [0, 0.05) is 6.04 Å². The van der Waals surface area contributed by atoms with Gasteiger partial charge in [-0.25, -0.2) is 4.79 Å². The van der Waals surface area contributed by atoms with Crippen LogP contribution in [-0.4, -0.2) is 28.7 Å². The first kappa shape index (κ1) is 22.1. The molecule has 1 rings (SSSR count). The summed E-state index contributed by atoms with van der Waals surface area (Å²) in [5.41, 5.74) is -0.430. The minimum Gasteiger partial charge on any atom is -0.444 e. The first-order chi connectivity index (χ1) is 11.8. The van der Waals surface area contributed by atoms with Gasteiger partial charge in [0.1, 0.15) is 5.60 Å². The number of hydrogen-bond acceptors (Lipinski definition) is 2. The summed E-state index contributed by atoms with van der Waals surface area (Å²) in [5.74, 6) is 0. The van der Waals surface area contributed by atoms with Crippen molar-refractivity contribution in [3.8, 4) is 0 Å². The van der Waals surface area contributed by atoms with Crippen LogP contribution in [0.2, 0.25) is 0 Å². The molecular formula is C22H41NO2. The summed E-state index contributed by atoms with van der Waals surface area (Å²) in [7, 11) is 0. The maximum atomic E-state index is 12.6. The van der Waals surface area contributed by atoms with Crippen molar-refractivity contribution in [1.82, 2.24) is 4.90 Å². The SMILES string of the molecule is CCCCCCCCC/C=C/[C@@H]1CCC[C@@H](C)N1C(=O)OC(C)(C)C. The zero-order chi connectivity index (χ0) is 18.7. The molecule has 146 valence electrons. The summed E-state index contributed by atoms with van der Waals surface area (Å²) in [4.78, 5) is 14.5. The lowest BCUT2D eigenvalue weighted by molar-refractivity contribution is 0.00358.